The van der Waals surface area contributed by atoms with E-state index in [0.717, 1.165) is 5.56 Å². The van der Waals surface area contributed by atoms with Crippen molar-refractivity contribution in [3.05, 3.63) is 28.8 Å². The molecule has 0 heterocycles. The third kappa shape index (κ3) is 6.25. The number of aliphatic hydroxyl groups excluding tert-OH is 2. The minimum atomic E-state index is -0.611. The highest BCUT2D eigenvalue weighted by atomic mass is 35.5. The number of aliphatic hydroxyl groups is 2. The van der Waals surface area contributed by atoms with E-state index >= 15 is 0 Å². The van der Waals surface area contributed by atoms with Crippen LogP contribution in [-0.4, -0.2) is 42.1 Å². The lowest BCUT2D eigenvalue weighted by Gasteiger charge is -2.15. The van der Waals surface area contributed by atoms with Crippen molar-refractivity contribution in [2.75, 3.05) is 19.7 Å². The predicted molar refractivity (Wildman–Crippen MR) is 76.9 cm³/mol. The summed E-state index contributed by atoms with van der Waals surface area (Å²) in [5.41, 5.74) is 0.942. The molecule has 0 aliphatic heterocycles. The highest BCUT2D eigenvalue weighted by Gasteiger charge is 2.07. The molecule has 0 fully saturated rings. The number of ether oxygens (including phenoxy) is 1. The summed E-state index contributed by atoms with van der Waals surface area (Å²) in [6.45, 7) is 4.89. The molecule has 4 nitrogen and oxygen atoms in total. The Bertz CT molecular complexity index is 387. The molecule has 0 radical (unpaired) electrons. The Morgan fingerprint density at radius 2 is 1.95 bits per heavy atom. The van der Waals surface area contributed by atoms with Crippen molar-refractivity contribution in [2.24, 2.45) is 0 Å². The van der Waals surface area contributed by atoms with Crippen LogP contribution in [0.25, 0.3) is 0 Å². The average molecular weight is 288 g/mol. The van der Waals surface area contributed by atoms with Crippen LogP contribution in [0.1, 0.15) is 18.9 Å². The first-order chi connectivity index (χ1) is 9.02. The monoisotopic (exact) mass is 287 g/mol. The van der Waals surface area contributed by atoms with Crippen molar-refractivity contribution in [3.8, 4) is 5.75 Å². The lowest BCUT2D eigenvalue weighted by molar-refractivity contribution is 0.0991. The minimum absolute atomic E-state index is 0.205. The molecule has 108 valence electrons. The van der Waals surface area contributed by atoms with Gasteiger partial charge in [0, 0.05) is 18.1 Å². The Hall–Kier alpha value is -0.810. The van der Waals surface area contributed by atoms with Crippen LogP contribution >= 0.6 is 11.6 Å². The molecule has 19 heavy (non-hydrogen) atoms. The third-order valence-corrected chi connectivity index (χ3v) is 3.23. The first-order valence-electron chi connectivity index (χ1n) is 6.48. The number of halogens is 1. The van der Waals surface area contributed by atoms with Crippen LogP contribution in [-0.2, 0) is 0 Å². The largest absolute Gasteiger partial charge is 0.491 e. The van der Waals surface area contributed by atoms with Gasteiger partial charge in [-0.15, -0.1) is 0 Å². The molecule has 1 rings (SSSR count). The van der Waals surface area contributed by atoms with Crippen LogP contribution in [0.3, 0.4) is 0 Å². The van der Waals surface area contributed by atoms with Crippen molar-refractivity contribution in [1.82, 2.24) is 5.32 Å². The minimum Gasteiger partial charge on any atom is -0.491 e. The van der Waals surface area contributed by atoms with Gasteiger partial charge in [0.25, 0.3) is 0 Å². The van der Waals surface area contributed by atoms with Gasteiger partial charge in [0.1, 0.15) is 18.5 Å². The van der Waals surface area contributed by atoms with Gasteiger partial charge in [-0.2, -0.15) is 0 Å². The second kappa shape index (κ2) is 8.38. The molecule has 1 aromatic rings. The van der Waals surface area contributed by atoms with E-state index in [2.05, 4.69) is 5.32 Å². The van der Waals surface area contributed by atoms with Crippen LogP contribution in [0, 0.1) is 6.92 Å². The zero-order chi connectivity index (χ0) is 14.3. The summed E-state index contributed by atoms with van der Waals surface area (Å²) in [6.07, 6.45) is -0.281. The molecule has 2 atom stereocenters. The summed E-state index contributed by atoms with van der Waals surface area (Å²) in [4.78, 5) is 0. The van der Waals surface area contributed by atoms with Crippen molar-refractivity contribution in [2.45, 2.75) is 32.5 Å². The SMILES string of the molecule is CCC(O)CNCC(O)COc1ccc(Cl)c(C)c1. The second-order valence-electron chi connectivity index (χ2n) is 4.60. The number of hydrogen-bond donors (Lipinski definition) is 3. The Kier molecular flexibility index (Phi) is 7.16. The van der Waals surface area contributed by atoms with E-state index in [1.54, 1.807) is 12.1 Å². The molecule has 2 unspecified atom stereocenters. The summed E-state index contributed by atoms with van der Waals surface area (Å²) >= 11 is 5.92. The smallest absolute Gasteiger partial charge is 0.119 e. The highest BCUT2D eigenvalue weighted by Crippen LogP contribution is 2.20. The first-order valence-corrected chi connectivity index (χ1v) is 6.86. The fourth-order valence-electron chi connectivity index (χ4n) is 1.52. The Balaban J connectivity index is 2.25. The van der Waals surface area contributed by atoms with E-state index in [0.29, 0.717) is 30.3 Å². The molecule has 5 heteroatoms. The summed E-state index contributed by atoms with van der Waals surface area (Å²) < 4.78 is 5.48. The Morgan fingerprint density at radius 1 is 1.26 bits per heavy atom. The lowest BCUT2D eigenvalue weighted by Crippen LogP contribution is -2.35. The first kappa shape index (κ1) is 16.2. The normalized spacial score (nSPS) is 14.2. The third-order valence-electron chi connectivity index (χ3n) is 2.80. The van der Waals surface area contributed by atoms with Gasteiger partial charge in [0.2, 0.25) is 0 Å². The van der Waals surface area contributed by atoms with E-state index in [1.165, 1.54) is 0 Å². The maximum absolute atomic E-state index is 9.72. The number of aryl methyl sites for hydroxylation is 1. The van der Waals surface area contributed by atoms with E-state index in [9.17, 15) is 10.2 Å². The molecule has 0 saturated carbocycles. The van der Waals surface area contributed by atoms with Gasteiger partial charge >= 0.3 is 0 Å². The maximum atomic E-state index is 9.72. The molecule has 0 aliphatic carbocycles. The predicted octanol–water partition coefficient (Wildman–Crippen LogP) is 1.75. The van der Waals surface area contributed by atoms with Crippen LogP contribution in [0.2, 0.25) is 5.02 Å². The second-order valence-corrected chi connectivity index (χ2v) is 5.00. The van der Waals surface area contributed by atoms with Gasteiger partial charge in [-0.25, -0.2) is 0 Å². The highest BCUT2D eigenvalue weighted by molar-refractivity contribution is 6.31. The maximum Gasteiger partial charge on any atom is 0.119 e. The number of hydrogen-bond acceptors (Lipinski definition) is 4. The molecule has 1 aromatic carbocycles. The van der Waals surface area contributed by atoms with Gasteiger partial charge in [-0.1, -0.05) is 18.5 Å². The summed E-state index contributed by atoms with van der Waals surface area (Å²) in [7, 11) is 0. The summed E-state index contributed by atoms with van der Waals surface area (Å²) in [5, 5.41) is 22.8. The molecular formula is C14H22ClNO3. The summed E-state index contributed by atoms with van der Waals surface area (Å²) in [5.74, 6) is 0.689. The molecule has 0 spiro atoms. The van der Waals surface area contributed by atoms with E-state index < -0.39 is 6.10 Å². The Labute approximate surface area is 119 Å². The van der Waals surface area contributed by atoms with Crippen LogP contribution in [0.4, 0.5) is 0 Å². The zero-order valence-corrected chi connectivity index (χ0v) is 12.2. The Morgan fingerprint density at radius 3 is 2.58 bits per heavy atom. The van der Waals surface area contributed by atoms with E-state index in [-0.39, 0.29) is 12.7 Å². The van der Waals surface area contributed by atoms with E-state index in [4.69, 9.17) is 16.3 Å². The van der Waals surface area contributed by atoms with Crippen LogP contribution in [0.15, 0.2) is 18.2 Å². The number of nitrogens with one attached hydrogen (secondary N) is 1. The molecular weight excluding hydrogens is 266 g/mol. The van der Waals surface area contributed by atoms with Gasteiger partial charge in [-0.05, 0) is 37.1 Å². The van der Waals surface area contributed by atoms with Crippen molar-refractivity contribution < 1.29 is 14.9 Å². The van der Waals surface area contributed by atoms with Crippen LogP contribution in [0.5, 0.6) is 5.75 Å². The van der Waals surface area contributed by atoms with Gasteiger partial charge < -0.3 is 20.3 Å². The standard InChI is InChI=1S/C14H22ClNO3/c1-3-11(17)7-16-8-12(18)9-19-13-4-5-14(15)10(2)6-13/h4-6,11-12,16-18H,3,7-9H2,1-2H3. The topological polar surface area (TPSA) is 61.7 Å². The molecule has 0 amide bonds. The molecule has 3 N–H and O–H groups in total. The average Bonchev–Trinajstić information content (AvgIpc) is 2.40. The van der Waals surface area contributed by atoms with E-state index in [1.807, 2.05) is 19.9 Å². The summed E-state index contributed by atoms with van der Waals surface area (Å²) in [6, 6.07) is 5.38. The van der Waals surface area contributed by atoms with Crippen molar-refractivity contribution in [1.29, 1.82) is 0 Å². The van der Waals surface area contributed by atoms with Gasteiger partial charge in [-0.3, -0.25) is 0 Å². The molecule has 0 aliphatic rings. The zero-order valence-electron chi connectivity index (χ0n) is 11.4. The fraction of sp³-hybridized carbons (Fsp3) is 0.571. The van der Waals surface area contributed by atoms with Crippen LogP contribution < -0.4 is 10.1 Å². The quantitative estimate of drug-likeness (QED) is 0.682. The fourth-order valence-corrected chi connectivity index (χ4v) is 1.64. The molecule has 0 aromatic heterocycles. The lowest BCUT2D eigenvalue weighted by atomic mass is 10.2. The molecule has 0 saturated heterocycles. The van der Waals surface area contributed by atoms with Crippen molar-refractivity contribution in [3.63, 3.8) is 0 Å². The van der Waals surface area contributed by atoms with Gasteiger partial charge in [0.15, 0.2) is 0 Å². The van der Waals surface area contributed by atoms with Gasteiger partial charge in [0.05, 0.1) is 6.10 Å². The molecule has 0 bridgehead atoms. The van der Waals surface area contributed by atoms with Crippen molar-refractivity contribution >= 4 is 11.6 Å². The number of rotatable bonds is 8. The number of benzene rings is 1.